The lowest BCUT2D eigenvalue weighted by Gasteiger charge is -2.32. The zero-order valence-electron chi connectivity index (χ0n) is 14.6. The van der Waals surface area contributed by atoms with Crippen LogP contribution in [0.5, 0.6) is 0 Å². The van der Waals surface area contributed by atoms with Crippen molar-refractivity contribution in [3.05, 3.63) is 24.2 Å². The summed E-state index contributed by atoms with van der Waals surface area (Å²) >= 11 is 0. The first kappa shape index (κ1) is 17.8. The number of nitrogens with one attached hydrogen (secondary N) is 2. The monoisotopic (exact) mass is 321 g/mol. The average molecular weight is 321 g/mol. The average Bonchev–Trinajstić information content (AvgIpc) is 3.07. The second-order valence-electron chi connectivity index (χ2n) is 6.05. The number of nitrogens with zero attached hydrogens (tertiary/aromatic N) is 3. The van der Waals surface area contributed by atoms with Crippen LogP contribution in [0, 0.1) is 0 Å². The molecule has 2 rings (SSSR count). The first-order valence-corrected chi connectivity index (χ1v) is 8.73. The van der Waals surface area contributed by atoms with Crippen molar-refractivity contribution in [3.8, 4) is 0 Å². The Morgan fingerprint density at radius 1 is 1.22 bits per heavy atom. The molecular formula is C17H31N5O. The summed E-state index contributed by atoms with van der Waals surface area (Å²) in [4.78, 5) is 9.50. The fourth-order valence-electron chi connectivity index (χ4n) is 2.64. The highest BCUT2D eigenvalue weighted by Crippen LogP contribution is 2.02. The van der Waals surface area contributed by atoms with Crippen molar-refractivity contribution in [2.24, 2.45) is 4.99 Å². The number of furan rings is 1. The SMILES string of the molecule is CCNC(=NCc1ccco1)NCCCCN1CCN(C)CC1. The molecule has 2 heterocycles. The van der Waals surface area contributed by atoms with E-state index >= 15 is 0 Å². The fourth-order valence-corrected chi connectivity index (χ4v) is 2.64. The maximum Gasteiger partial charge on any atom is 0.191 e. The predicted molar refractivity (Wildman–Crippen MR) is 94.7 cm³/mol. The highest BCUT2D eigenvalue weighted by atomic mass is 16.3. The Labute approximate surface area is 139 Å². The molecule has 0 spiro atoms. The number of hydrogen-bond donors (Lipinski definition) is 2. The molecule has 0 aromatic carbocycles. The van der Waals surface area contributed by atoms with E-state index in [2.05, 4.69) is 39.4 Å². The molecular weight excluding hydrogens is 290 g/mol. The number of rotatable bonds is 8. The van der Waals surface area contributed by atoms with Crippen molar-refractivity contribution in [2.75, 3.05) is 52.9 Å². The van der Waals surface area contributed by atoms with Crippen LogP contribution in [0.25, 0.3) is 0 Å². The van der Waals surface area contributed by atoms with E-state index in [1.54, 1.807) is 6.26 Å². The minimum Gasteiger partial charge on any atom is -0.467 e. The number of piperazine rings is 1. The van der Waals surface area contributed by atoms with Gasteiger partial charge < -0.3 is 24.9 Å². The first-order valence-electron chi connectivity index (χ1n) is 8.73. The van der Waals surface area contributed by atoms with Crippen LogP contribution in [-0.4, -0.2) is 68.6 Å². The zero-order chi connectivity index (χ0) is 16.3. The summed E-state index contributed by atoms with van der Waals surface area (Å²) in [6.45, 7) is 10.5. The van der Waals surface area contributed by atoms with E-state index in [1.807, 2.05) is 12.1 Å². The van der Waals surface area contributed by atoms with Gasteiger partial charge in [0.15, 0.2) is 5.96 Å². The lowest BCUT2D eigenvalue weighted by Crippen LogP contribution is -2.44. The van der Waals surface area contributed by atoms with Crippen LogP contribution in [0.4, 0.5) is 0 Å². The second kappa shape index (κ2) is 10.3. The standard InChI is InChI=1S/C17H31N5O/c1-3-18-17(20-15-16-7-6-14-23-16)19-8-4-5-9-22-12-10-21(2)11-13-22/h6-7,14H,3-5,8-13,15H2,1-2H3,(H2,18,19,20). The molecule has 0 unspecified atom stereocenters. The number of unbranched alkanes of at least 4 members (excludes halogenated alkanes) is 1. The lowest BCUT2D eigenvalue weighted by molar-refractivity contribution is 0.152. The van der Waals surface area contributed by atoms with Gasteiger partial charge in [0.1, 0.15) is 12.3 Å². The van der Waals surface area contributed by atoms with Gasteiger partial charge in [-0.15, -0.1) is 0 Å². The molecule has 1 aromatic rings. The van der Waals surface area contributed by atoms with Gasteiger partial charge in [0.05, 0.1) is 6.26 Å². The molecule has 1 fully saturated rings. The van der Waals surface area contributed by atoms with E-state index in [4.69, 9.17) is 4.42 Å². The molecule has 6 nitrogen and oxygen atoms in total. The third kappa shape index (κ3) is 7.05. The van der Waals surface area contributed by atoms with Crippen molar-refractivity contribution in [1.82, 2.24) is 20.4 Å². The van der Waals surface area contributed by atoms with Crippen molar-refractivity contribution in [3.63, 3.8) is 0 Å². The van der Waals surface area contributed by atoms with Crippen LogP contribution < -0.4 is 10.6 Å². The summed E-state index contributed by atoms with van der Waals surface area (Å²) in [7, 11) is 2.20. The summed E-state index contributed by atoms with van der Waals surface area (Å²) in [5, 5.41) is 6.67. The normalized spacial score (nSPS) is 17.4. The Balaban J connectivity index is 1.59. The highest BCUT2D eigenvalue weighted by molar-refractivity contribution is 5.79. The maximum absolute atomic E-state index is 5.31. The topological polar surface area (TPSA) is 56.0 Å². The van der Waals surface area contributed by atoms with Crippen LogP contribution in [0.2, 0.25) is 0 Å². The van der Waals surface area contributed by atoms with E-state index in [1.165, 1.54) is 39.1 Å². The molecule has 0 bridgehead atoms. The molecule has 0 atom stereocenters. The van der Waals surface area contributed by atoms with Crippen LogP contribution in [0.3, 0.4) is 0 Å². The number of hydrogen-bond acceptors (Lipinski definition) is 4. The molecule has 2 N–H and O–H groups in total. The van der Waals surface area contributed by atoms with E-state index in [-0.39, 0.29) is 0 Å². The van der Waals surface area contributed by atoms with Gasteiger partial charge in [0, 0.05) is 39.3 Å². The molecule has 1 saturated heterocycles. The Hall–Kier alpha value is -1.53. The molecule has 0 amide bonds. The van der Waals surface area contributed by atoms with Crippen LogP contribution in [-0.2, 0) is 6.54 Å². The van der Waals surface area contributed by atoms with Gasteiger partial charge >= 0.3 is 0 Å². The Kier molecular flexibility index (Phi) is 7.97. The quantitative estimate of drug-likeness (QED) is 0.430. The van der Waals surface area contributed by atoms with Gasteiger partial charge in [0.25, 0.3) is 0 Å². The van der Waals surface area contributed by atoms with Gasteiger partial charge in [-0.25, -0.2) is 4.99 Å². The summed E-state index contributed by atoms with van der Waals surface area (Å²) < 4.78 is 5.31. The van der Waals surface area contributed by atoms with Crippen LogP contribution >= 0.6 is 0 Å². The van der Waals surface area contributed by atoms with Gasteiger partial charge in [-0.05, 0) is 45.5 Å². The van der Waals surface area contributed by atoms with Gasteiger partial charge in [-0.3, -0.25) is 0 Å². The predicted octanol–water partition coefficient (Wildman–Crippen LogP) is 1.36. The third-order valence-electron chi connectivity index (χ3n) is 4.11. The van der Waals surface area contributed by atoms with Crippen molar-refractivity contribution < 1.29 is 4.42 Å². The molecule has 23 heavy (non-hydrogen) atoms. The molecule has 0 saturated carbocycles. The Morgan fingerprint density at radius 3 is 2.74 bits per heavy atom. The third-order valence-corrected chi connectivity index (χ3v) is 4.11. The zero-order valence-corrected chi connectivity index (χ0v) is 14.6. The number of aliphatic imine (C=N–C) groups is 1. The maximum atomic E-state index is 5.31. The van der Waals surface area contributed by atoms with E-state index < -0.39 is 0 Å². The summed E-state index contributed by atoms with van der Waals surface area (Å²) in [5.41, 5.74) is 0. The van der Waals surface area contributed by atoms with Crippen LogP contribution in [0.1, 0.15) is 25.5 Å². The molecule has 6 heteroatoms. The number of likely N-dealkylation sites (N-methyl/N-ethyl adjacent to an activating group) is 1. The largest absolute Gasteiger partial charge is 0.467 e. The number of guanidine groups is 1. The summed E-state index contributed by atoms with van der Waals surface area (Å²) in [6, 6.07) is 3.84. The minimum absolute atomic E-state index is 0.573. The van der Waals surface area contributed by atoms with Crippen molar-refractivity contribution in [1.29, 1.82) is 0 Å². The summed E-state index contributed by atoms with van der Waals surface area (Å²) in [5.74, 6) is 1.75. The first-order chi connectivity index (χ1) is 11.3. The molecule has 0 radical (unpaired) electrons. The Morgan fingerprint density at radius 2 is 2.04 bits per heavy atom. The second-order valence-corrected chi connectivity index (χ2v) is 6.05. The summed E-state index contributed by atoms with van der Waals surface area (Å²) in [6.07, 6.45) is 4.08. The fraction of sp³-hybridized carbons (Fsp3) is 0.706. The van der Waals surface area contributed by atoms with Gasteiger partial charge in [-0.1, -0.05) is 0 Å². The van der Waals surface area contributed by atoms with E-state index in [9.17, 15) is 0 Å². The molecule has 1 aromatic heterocycles. The van der Waals surface area contributed by atoms with Gasteiger partial charge in [-0.2, -0.15) is 0 Å². The Bertz CT molecular complexity index is 438. The van der Waals surface area contributed by atoms with Crippen molar-refractivity contribution >= 4 is 5.96 Å². The molecule has 130 valence electrons. The highest BCUT2D eigenvalue weighted by Gasteiger charge is 2.12. The smallest absolute Gasteiger partial charge is 0.191 e. The van der Waals surface area contributed by atoms with Crippen LogP contribution in [0.15, 0.2) is 27.8 Å². The van der Waals surface area contributed by atoms with E-state index in [0.29, 0.717) is 6.54 Å². The van der Waals surface area contributed by atoms with E-state index in [0.717, 1.165) is 31.2 Å². The molecule has 1 aliphatic rings. The minimum atomic E-state index is 0.573. The van der Waals surface area contributed by atoms with Gasteiger partial charge in [0.2, 0.25) is 0 Å². The molecule has 1 aliphatic heterocycles. The molecule has 0 aliphatic carbocycles. The lowest BCUT2D eigenvalue weighted by atomic mass is 10.2. The van der Waals surface area contributed by atoms with Crippen molar-refractivity contribution in [2.45, 2.75) is 26.3 Å².